The average molecular weight is 371 g/mol. The van der Waals surface area contributed by atoms with Crippen molar-refractivity contribution in [1.82, 2.24) is 4.90 Å². The number of aliphatic carboxylic acids is 1. The number of rotatable bonds is 8. The van der Waals surface area contributed by atoms with E-state index >= 15 is 0 Å². The summed E-state index contributed by atoms with van der Waals surface area (Å²) in [5, 5.41) is 8.84. The molecule has 1 aromatic carbocycles. The average Bonchev–Trinajstić information content (AvgIpc) is 2.58. The van der Waals surface area contributed by atoms with E-state index in [9.17, 15) is 18.0 Å². The van der Waals surface area contributed by atoms with Gasteiger partial charge < -0.3 is 19.5 Å². The third-order valence-corrected chi connectivity index (χ3v) is 5.34. The van der Waals surface area contributed by atoms with Gasteiger partial charge in [-0.3, -0.25) is 9.59 Å². The topological polar surface area (TPSA) is 110 Å². The molecule has 0 saturated carbocycles. The van der Waals surface area contributed by atoms with Gasteiger partial charge in [0, 0.05) is 19.0 Å². The monoisotopic (exact) mass is 371 g/mol. The third-order valence-electron chi connectivity index (χ3n) is 3.63. The second-order valence-electron chi connectivity index (χ2n) is 5.58. The van der Waals surface area contributed by atoms with E-state index in [0.717, 1.165) is 4.90 Å². The summed E-state index contributed by atoms with van der Waals surface area (Å²) in [5.74, 6) is -1.18. The minimum Gasteiger partial charge on any atom is -0.486 e. The van der Waals surface area contributed by atoms with Crippen LogP contribution in [0.4, 0.5) is 0 Å². The number of nitrogens with zero attached hydrogens (tertiary/aromatic N) is 1. The van der Waals surface area contributed by atoms with Crippen molar-refractivity contribution >= 4 is 21.7 Å². The van der Waals surface area contributed by atoms with Gasteiger partial charge in [0.1, 0.15) is 19.8 Å². The molecule has 0 bridgehead atoms. The van der Waals surface area contributed by atoms with Crippen LogP contribution in [0, 0.1) is 0 Å². The number of carboxylic acid groups (broad SMARTS) is 1. The minimum atomic E-state index is -3.70. The summed E-state index contributed by atoms with van der Waals surface area (Å²) in [6.07, 6.45) is 0.317. The number of hydrogen-bond acceptors (Lipinski definition) is 6. The first-order chi connectivity index (χ1) is 11.8. The van der Waals surface area contributed by atoms with Gasteiger partial charge >= 0.3 is 5.97 Å². The normalized spacial score (nSPS) is 13.3. The maximum absolute atomic E-state index is 12.4. The molecule has 1 aromatic rings. The highest BCUT2D eigenvalue weighted by molar-refractivity contribution is 7.91. The lowest BCUT2D eigenvalue weighted by atomic mass is 10.3. The molecule has 9 heteroatoms. The summed E-state index contributed by atoms with van der Waals surface area (Å²) in [7, 11) is -3.70. The van der Waals surface area contributed by atoms with Gasteiger partial charge in [0.2, 0.25) is 5.91 Å². The summed E-state index contributed by atoms with van der Waals surface area (Å²) in [5.41, 5.74) is 0. The quantitative estimate of drug-likeness (QED) is 0.724. The molecule has 0 radical (unpaired) electrons. The van der Waals surface area contributed by atoms with E-state index in [0.29, 0.717) is 31.1 Å². The summed E-state index contributed by atoms with van der Waals surface area (Å²) in [4.78, 5) is 24.1. The highest BCUT2D eigenvalue weighted by atomic mass is 32.2. The van der Waals surface area contributed by atoms with Crippen LogP contribution in [-0.2, 0) is 19.4 Å². The Morgan fingerprint density at radius 3 is 2.52 bits per heavy atom. The highest BCUT2D eigenvalue weighted by Gasteiger charge is 2.23. The Morgan fingerprint density at radius 1 is 1.20 bits per heavy atom. The van der Waals surface area contributed by atoms with Crippen LogP contribution in [0.3, 0.4) is 0 Å². The van der Waals surface area contributed by atoms with E-state index in [1.54, 1.807) is 0 Å². The van der Waals surface area contributed by atoms with Gasteiger partial charge in [-0.15, -0.1) is 0 Å². The second-order valence-corrected chi connectivity index (χ2v) is 7.69. The minimum absolute atomic E-state index is 0.0461. The standard InChI is InChI=1S/C16H21NO7S/c1-2-6-17(11-16(19)20)15(18)5-9-25(21,22)12-3-4-13-14(10-12)24-8-7-23-13/h3-4,10H,2,5-9,11H2,1H3,(H,19,20). The number of carboxylic acids is 1. The van der Waals surface area contributed by atoms with Crippen LogP contribution in [0.1, 0.15) is 19.8 Å². The van der Waals surface area contributed by atoms with E-state index in [-0.39, 0.29) is 17.9 Å². The first-order valence-corrected chi connectivity index (χ1v) is 9.60. The summed E-state index contributed by atoms with van der Waals surface area (Å²) >= 11 is 0. The number of amides is 1. The van der Waals surface area contributed by atoms with Crippen LogP contribution in [-0.4, -0.2) is 62.4 Å². The fraction of sp³-hybridized carbons (Fsp3) is 0.500. The predicted octanol–water partition coefficient (Wildman–Crippen LogP) is 0.945. The number of hydrogen-bond donors (Lipinski definition) is 1. The first kappa shape index (κ1) is 19.0. The molecule has 0 unspecified atom stereocenters. The summed E-state index contributed by atoms with van der Waals surface area (Å²) in [6.45, 7) is 2.40. The van der Waals surface area contributed by atoms with Crippen LogP contribution < -0.4 is 9.47 Å². The number of fused-ring (bicyclic) bond motifs is 1. The van der Waals surface area contributed by atoms with Gasteiger partial charge in [0.15, 0.2) is 21.3 Å². The van der Waals surface area contributed by atoms with Crippen molar-refractivity contribution in [1.29, 1.82) is 0 Å². The van der Waals surface area contributed by atoms with Crippen molar-refractivity contribution in [2.24, 2.45) is 0 Å². The molecular weight excluding hydrogens is 350 g/mol. The first-order valence-electron chi connectivity index (χ1n) is 7.95. The maximum Gasteiger partial charge on any atom is 0.323 e. The molecule has 1 heterocycles. The lowest BCUT2D eigenvalue weighted by Gasteiger charge is -2.20. The molecule has 0 saturated heterocycles. The molecule has 0 aliphatic carbocycles. The van der Waals surface area contributed by atoms with Gasteiger partial charge in [0.05, 0.1) is 10.6 Å². The number of carbonyl (C=O) groups is 2. The number of sulfone groups is 1. The number of ether oxygens (including phenoxy) is 2. The Morgan fingerprint density at radius 2 is 1.88 bits per heavy atom. The Hall–Kier alpha value is -2.29. The van der Waals surface area contributed by atoms with Crippen molar-refractivity contribution in [2.45, 2.75) is 24.7 Å². The largest absolute Gasteiger partial charge is 0.486 e. The van der Waals surface area contributed by atoms with Gasteiger partial charge in [0.25, 0.3) is 0 Å². The van der Waals surface area contributed by atoms with E-state index in [4.69, 9.17) is 14.6 Å². The molecule has 0 spiro atoms. The zero-order valence-electron chi connectivity index (χ0n) is 13.9. The molecule has 1 amide bonds. The van der Waals surface area contributed by atoms with Gasteiger partial charge in [-0.1, -0.05) is 6.92 Å². The van der Waals surface area contributed by atoms with E-state index < -0.39 is 34.0 Å². The smallest absolute Gasteiger partial charge is 0.323 e. The van der Waals surface area contributed by atoms with Crippen molar-refractivity contribution in [2.75, 3.05) is 32.1 Å². The van der Waals surface area contributed by atoms with Crippen LogP contribution in [0.25, 0.3) is 0 Å². The molecule has 138 valence electrons. The molecule has 1 aliphatic rings. The lowest BCUT2D eigenvalue weighted by Crippen LogP contribution is -2.37. The zero-order valence-corrected chi connectivity index (χ0v) is 14.8. The maximum atomic E-state index is 12.4. The highest BCUT2D eigenvalue weighted by Crippen LogP contribution is 2.32. The van der Waals surface area contributed by atoms with Gasteiger partial charge in [-0.2, -0.15) is 0 Å². The molecule has 1 aliphatic heterocycles. The van der Waals surface area contributed by atoms with Crippen LogP contribution in [0.15, 0.2) is 23.1 Å². The summed E-state index contributed by atoms with van der Waals surface area (Å²) < 4.78 is 35.6. The molecule has 25 heavy (non-hydrogen) atoms. The van der Waals surface area contributed by atoms with Crippen LogP contribution >= 0.6 is 0 Å². The van der Waals surface area contributed by atoms with E-state index in [1.807, 2.05) is 6.92 Å². The number of carbonyl (C=O) groups excluding carboxylic acids is 1. The predicted molar refractivity (Wildman–Crippen MR) is 88.6 cm³/mol. The third kappa shape index (κ3) is 5.09. The van der Waals surface area contributed by atoms with Crippen molar-refractivity contribution in [3.63, 3.8) is 0 Å². The molecule has 0 atom stereocenters. The lowest BCUT2D eigenvalue weighted by molar-refractivity contribution is -0.144. The fourth-order valence-electron chi connectivity index (χ4n) is 2.44. The Kier molecular flexibility index (Phi) is 6.24. The molecule has 1 N–H and O–H groups in total. The Labute approximate surface area is 146 Å². The molecule has 2 rings (SSSR count). The summed E-state index contributed by atoms with van der Waals surface area (Å²) in [6, 6.07) is 4.32. The second kappa shape index (κ2) is 8.19. The molecule has 8 nitrogen and oxygen atoms in total. The van der Waals surface area contributed by atoms with Crippen molar-refractivity contribution in [3.05, 3.63) is 18.2 Å². The van der Waals surface area contributed by atoms with Gasteiger partial charge in [-0.05, 0) is 18.6 Å². The molecular formula is C16H21NO7S. The Bertz CT molecular complexity index is 745. The van der Waals surface area contributed by atoms with Gasteiger partial charge in [-0.25, -0.2) is 8.42 Å². The SMILES string of the molecule is CCCN(CC(=O)O)C(=O)CCS(=O)(=O)c1ccc2c(c1)OCCO2. The number of benzene rings is 1. The van der Waals surface area contributed by atoms with E-state index in [2.05, 4.69) is 0 Å². The van der Waals surface area contributed by atoms with Crippen molar-refractivity contribution < 1.29 is 32.6 Å². The Balaban J connectivity index is 2.05. The molecule has 0 aromatic heterocycles. The fourth-order valence-corrected chi connectivity index (χ4v) is 3.68. The zero-order chi connectivity index (χ0) is 18.4. The van der Waals surface area contributed by atoms with Crippen LogP contribution in [0.5, 0.6) is 11.5 Å². The van der Waals surface area contributed by atoms with Crippen LogP contribution in [0.2, 0.25) is 0 Å². The van der Waals surface area contributed by atoms with E-state index in [1.165, 1.54) is 18.2 Å². The van der Waals surface area contributed by atoms with Crippen molar-refractivity contribution in [3.8, 4) is 11.5 Å². The molecule has 0 fully saturated rings.